The summed E-state index contributed by atoms with van der Waals surface area (Å²) in [4.78, 5) is 25.2. The Labute approximate surface area is 171 Å². The Morgan fingerprint density at radius 2 is 1.45 bits per heavy atom. The third-order valence-electron chi connectivity index (χ3n) is 5.05. The van der Waals surface area contributed by atoms with E-state index in [2.05, 4.69) is 12.2 Å². The number of carbonyl (C=O) groups is 2. The highest BCUT2D eigenvalue weighted by Gasteiger charge is 2.30. The predicted octanol–water partition coefficient (Wildman–Crippen LogP) is 5.09. The molecule has 0 aromatic heterocycles. The number of anilines is 1. The summed E-state index contributed by atoms with van der Waals surface area (Å²) >= 11 is 0. The van der Waals surface area contributed by atoms with Crippen molar-refractivity contribution in [1.82, 2.24) is 0 Å². The van der Waals surface area contributed by atoms with Gasteiger partial charge >= 0.3 is 0 Å². The highest BCUT2D eigenvalue weighted by atomic mass is 16.5. The highest BCUT2D eigenvalue weighted by molar-refractivity contribution is 6.27. The Hall–Kier alpha value is -3.08. The van der Waals surface area contributed by atoms with E-state index in [0.29, 0.717) is 23.4 Å². The maximum Gasteiger partial charge on any atom is 0.212 e. The van der Waals surface area contributed by atoms with E-state index in [1.807, 2.05) is 24.3 Å². The fourth-order valence-corrected chi connectivity index (χ4v) is 3.37. The molecule has 0 amide bonds. The van der Waals surface area contributed by atoms with Crippen molar-refractivity contribution in [3.05, 3.63) is 71.1 Å². The number of Topliss-reactive ketones (excluding diaryl/α,β-unsaturated/α-hetero) is 2. The van der Waals surface area contributed by atoms with Crippen LogP contribution < -0.4 is 15.8 Å². The third kappa shape index (κ3) is 5.05. The molecule has 3 rings (SSSR count). The monoisotopic (exact) mass is 392 g/mol. The molecule has 0 saturated heterocycles. The van der Waals surface area contributed by atoms with Crippen LogP contribution in [0, 0.1) is 0 Å². The Kier molecular flexibility index (Phi) is 7.06. The second kappa shape index (κ2) is 9.92. The fraction of sp³-hybridized carbons (Fsp3) is 0.333. The number of carbonyl (C=O) groups excluding carboxylic acids is 2. The average molecular weight is 392 g/mol. The van der Waals surface area contributed by atoms with Crippen molar-refractivity contribution >= 4 is 17.3 Å². The molecule has 3 N–H and O–H groups in total. The van der Waals surface area contributed by atoms with Crippen molar-refractivity contribution in [2.75, 3.05) is 11.9 Å². The number of unbranched alkanes of at least 4 members (excludes halogenated alkanes) is 5. The van der Waals surface area contributed by atoms with Gasteiger partial charge in [0, 0.05) is 16.8 Å². The highest BCUT2D eigenvalue weighted by Crippen LogP contribution is 2.26. The summed E-state index contributed by atoms with van der Waals surface area (Å²) in [5.74, 6) is 0.171. The molecule has 0 atom stereocenters. The third-order valence-corrected chi connectivity index (χ3v) is 5.05. The normalized spacial score (nSPS) is 13.4. The lowest BCUT2D eigenvalue weighted by Gasteiger charge is -2.19. The number of allylic oxidation sites excluding steroid dienone is 2. The minimum atomic E-state index is -0.332. The molecule has 2 aromatic rings. The molecule has 0 spiro atoms. The molecule has 1 aliphatic carbocycles. The van der Waals surface area contributed by atoms with Gasteiger partial charge in [-0.05, 0) is 30.7 Å². The van der Waals surface area contributed by atoms with E-state index >= 15 is 0 Å². The van der Waals surface area contributed by atoms with Crippen LogP contribution in [0.25, 0.3) is 0 Å². The van der Waals surface area contributed by atoms with Crippen LogP contribution in [0.4, 0.5) is 5.69 Å². The largest absolute Gasteiger partial charge is 0.494 e. The van der Waals surface area contributed by atoms with Crippen molar-refractivity contribution in [2.45, 2.75) is 45.4 Å². The number of hydrogen-bond acceptors (Lipinski definition) is 5. The maximum atomic E-state index is 12.7. The molecule has 29 heavy (non-hydrogen) atoms. The average Bonchev–Trinajstić information content (AvgIpc) is 2.75. The Morgan fingerprint density at radius 3 is 2.14 bits per heavy atom. The number of rotatable bonds is 10. The lowest BCUT2D eigenvalue weighted by atomic mass is 9.90. The fourth-order valence-electron chi connectivity index (χ4n) is 3.37. The summed E-state index contributed by atoms with van der Waals surface area (Å²) in [7, 11) is 0. The summed E-state index contributed by atoms with van der Waals surface area (Å²) in [6.07, 6.45) is 7.34. The van der Waals surface area contributed by atoms with Crippen LogP contribution in [0.1, 0.15) is 66.2 Å². The summed E-state index contributed by atoms with van der Waals surface area (Å²) in [5.41, 5.74) is 7.40. The van der Waals surface area contributed by atoms with Crippen LogP contribution in [-0.4, -0.2) is 18.2 Å². The van der Waals surface area contributed by atoms with E-state index < -0.39 is 0 Å². The van der Waals surface area contributed by atoms with Crippen molar-refractivity contribution in [3.63, 3.8) is 0 Å². The molecule has 0 aliphatic heterocycles. The lowest BCUT2D eigenvalue weighted by Crippen LogP contribution is -2.29. The zero-order valence-electron chi connectivity index (χ0n) is 16.9. The first-order valence-corrected chi connectivity index (χ1v) is 10.3. The van der Waals surface area contributed by atoms with Crippen LogP contribution >= 0.6 is 0 Å². The van der Waals surface area contributed by atoms with E-state index in [0.717, 1.165) is 12.2 Å². The van der Waals surface area contributed by atoms with Gasteiger partial charge in [-0.1, -0.05) is 63.3 Å². The van der Waals surface area contributed by atoms with E-state index in [4.69, 9.17) is 10.5 Å². The van der Waals surface area contributed by atoms with Gasteiger partial charge in [0.15, 0.2) is 0 Å². The van der Waals surface area contributed by atoms with Gasteiger partial charge < -0.3 is 15.8 Å². The number of nitrogens with two attached hydrogens (primary N) is 1. The van der Waals surface area contributed by atoms with Crippen molar-refractivity contribution < 1.29 is 14.3 Å². The van der Waals surface area contributed by atoms with Crippen LogP contribution in [-0.2, 0) is 0 Å². The molecule has 0 radical (unpaired) electrons. The molecule has 0 fully saturated rings. The molecule has 5 heteroatoms. The number of ether oxygens (including phenoxy) is 1. The van der Waals surface area contributed by atoms with E-state index in [9.17, 15) is 9.59 Å². The van der Waals surface area contributed by atoms with E-state index in [-0.39, 0.29) is 23.0 Å². The van der Waals surface area contributed by atoms with E-state index in [1.54, 1.807) is 24.3 Å². The van der Waals surface area contributed by atoms with Crippen LogP contribution in [0.15, 0.2) is 59.9 Å². The summed E-state index contributed by atoms with van der Waals surface area (Å²) in [6, 6.07) is 14.0. The van der Waals surface area contributed by atoms with Crippen LogP contribution in [0.5, 0.6) is 5.75 Å². The molecular weight excluding hydrogens is 364 g/mol. The molecule has 2 aromatic carbocycles. The van der Waals surface area contributed by atoms with Crippen LogP contribution in [0.3, 0.4) is 0 Å². The van der Waals surface area contributed by atoms with Crippen molar-refractivity contribution in [2.24, 2.45) is 5.73 Å². The number of benzene rings is 2. The SMILES string of the molecule is CCCCCCCCOc1ccc(NC2=C(N)C(=O)c3ccccc3C2=O)cc1. The first-order valence-electron chi connectivity index (χ1n) is 10.3. The van der Waals surface area contributed by atoms with Gasteiger partial charge in [-0.15, -0.1) is 0 Å². The number of hydrogen-bond donors (Lipinski definition) is 2. The van der Waals surface area contributed by atoms with Crippen molar-refractivity contribution in [1.29, 1.82) is 0 Å². The topological polar surface area (TPSA) is 81.4 Å². The minimum Gasteiger partial charge on any atom is -0.494 e. The van der Waals surface area contributed by atoms with Crippen LogP contribution in [0.2, 0.25) is 0 Å². The summed E-state index contributed by atoms with van der Waals surface area (Å²) in [6.45, 7) is 2.91. The molecule has 0 bridgehead atoms. The zero-order valence-corrected chi connectivity index (χ0v) is 16.9. The minimum absolute atomic E-state index is 0.0582. The standard InChI is InChI=1S/C24H28N2O3/c1-2-3-4-5-6-9-16-29-18-14-12-17(13-15-18)26-22-21(25)23(27)19-10-7-8-11-20(19)24(22)28/h7-8,10-15,26H,2-6,9,16,25H2,1H3. The molecular formula is C24H28N2O3. The molecule has 5 nitrogen and oxygen atoms in total. The Balaban J connectivity index is 1.57. The molecule has 1 aliphatic rings. The smallest absolute Gasteiger partial charge is 0.212 e. The Bertz CT molecular complexity index is 901. The predicted molar refractivity (Wildman–Crippen MR) is 115 cm³/mol. The first kappa shape index (κ1) is 20.6. The summed E-state index contributed by atoms with van der Waals surface area (Å²) < 4.78 is 5.78. The van der Waals surface area contributed by atoms with Gasteiger partial charge in [0.1, 0.15) is 17.1 Å². The molecule has 0 heterocycles. The molecule has 152 valence electrons. The second-order valence-corrected chi connectivity index (χ2v) is 7.26. The molecule has 0 unspecified atom stereocenters. The van der Waals surface area contributed by atoms with Crippen molar-refractivity contribution in [3.8, 4) is 5.75 Å². The number of nitrogens with one attached hydrogen (secondary N) is 1. The van der Waals surface area contributed by atoms with Gasteiger partial charge in [0.25, 0.3) is 0 Å². The van der Waals surface area contributed by atoms with Gasteiger partial charge in [-0.25, -0.2) is 0 Å². The Morgan fingerprint density at radius 1 is 0.828 bits per heavy atom. The lowest BCUT2D eigenvalue weighted by molar-refractivity contribution is 0.0974. The summed E-state index contributed by atoms with van der Waals surface area (Å²) in [5, 5.41) is 3.00. The second-order valence-electron chi connectivity index (χ2n) is 7.26. The van der Waals surface area contributed by atoms with Gasteiger partial charge in [0.05, 0.1) is 6.61 Å². The van der Waals surface area contributed by atoms with Gasteiger partial charge in [-0.3, -0.25) is 9.59 Å². The molecule has 0 saturated carbocycles. The number of fused-ring (bicyclic) bond motifs is 1. The van der Waals surface area contributed by atoms with E-state index in [1.165, 1.54) is 32.1 Å². The first-order chi connectivity index (χ1) is 14.1. The maximum absolute atomic E-state index is 12.7. The zero-order chi connectivity index (χ0) is 20.6. The number of ketones is 2. The van der Waals surface area contributed by atoms with Gasteiger partial charge in [-0.2, -0.15) is 0 Å². The van der Waals surface area contributed by atoms with Gasteiger partial charge in [0.2, 0.25) is 11.6 Å². The quantitative estimate of drug-likeness (QED) is 0.551.